The highest BCUT2D eigenvalue weighted by atomic mass is 32.2. The summed E-state index contributed by atoms with van der Waals surface area (Å²) in [5.41, 5.74) is 1.07. The molecule has 0 bridgehead atoms. The van der Waals surface area contributed by atoms with Crippen molar-refractivity contribution in [3.05, 3.63) is 42.0 Å². The van der Waals surface area contributed by atoms with Crippen LogP contribution < -0.4 is 0 Å². The Bertz CT molecular complexity index is 678. The highest BCUT2D eigenvalue weighted by molar-refractivity contribution is 8.00. The first-order valence-corrected chi connectivity index (χ1v) is 7.86. The van der Waals surface area contributed by atoms with Crippen molar-refractivity contribution in [2.75, 3.05) is 14.2 Å². The number of rotatable bonds is 2. The van der Waals surface area contributed by atoms with Gasteiger partial charge in [0.05, 0.1) is 20.1 Å². The summed E-state index contributed by atoms with van der Waals surface area (Å²) in [6.45, 7) is 0. The number of hydrogen-bond donors (Lipinski definition) is 0. The fourth-order valence-electron chi connectivity index (χ4n) is 2.79. The van der Waals surface area contributed by atoms with Gasteiger partial charge in [0.2, 0.25) is 0 Å². The van der Waals surface area contributed by atoms with E-state index < -0.39 is 11.2 Å². The normalized spacial score (nSPS) is 20.3. The van der Waals surface area contributed by atoms with Gasteiger partial charge in [0.1, 0.15) is 5.25 Å². The molecule has 2 atom stereocenters. The molecule has 5 heteroatoms. The molecule has 2 aromatic carbocycles. The average molecular weight is 316 g/mol. The van der Waals surface area contributed by atoms with Crippen molar-refractivity contribution in [1.82, 2.24) is 0 Å². The third-order valence-electron chi connectivity index (χ3n) is 3.93. The summed E-state index contributed by atoms with van der Waals surface area (Å²) in [6.07, 6.45) is 0.486. The second-order valence-electron chi connectivity index (χ2n) is 5.20. The van der Waals surface area contributed by atoms with E-state index in [-0.39, 0.29) is 11.9 Å². The van der Waals surface area contributed by atoms with Crippen molar-refractivity contribution < 1.29 is 19.1 Å². The van der Waals surface area contributed by atoms with Gasteiger partial charge in [-0.25, -0.2) is 0 Å². The van der Waals surface area contributed by atoms with E-state index in [0.29, 0.717) is 6.42 Å². The van der Waals surface area contributed by atoms with Crippen molar-refractivity contribution in [2.45, 2.75) is 16.6 Å². The molecule has 114 valence electrons. The van der Waals surface area contributed by atoms with Gasteiger partial charge in [-0.1, -0.05) is 30.3 Å². The number of benzene rings is 2. The molecule has 0 amide bonds. The van der Waals surface area contributed by atoms with Crippen LogP contribution in [0.5, 0.6) is 0 Å². The van der Waals surface area contributed by atoms with E-state index in [2.05, 4.69) is 12.1 Å². The fourth-order valence-corrected chi connectivity index (χ4v) is 4.11. The first kappa shape index (κ1) is 14.9. The van der Waals surface area contributed by atoms with Crippen LogP contribution in [0.2, 0.25) is 0 Å². The summed E-state index contributed by atoms with van der Waals surface area (Å²) < 4.78 is 9.71. The molecule has 1 aliphatic rings. The van der Waals surface area contributed by atoms with Crippen LogP contribution in [-0.2, 0) is 25.5 Å². The van der Waals surface area contributed by atoms with Gasteiger partial charge in [0.15, 0.2) is 0 Å². The molecule has 2 aromatic rings. The van der Waals surface area contributed by atoms with Crippen LogP contribution in [0.4, 0.5) is 0 Å². The summed E-state index contributed by atoms with van der Waals surface area (Å²) in [4.78, 5) is 25.1. The van der Waals surface area contributed by atoms with Gasteiger partial charge in [0.25, 0.3) is 0 Å². The van der Waals surface area contributed by atoms with E-state index in [4.69, 9.17) is 9.47 Å². The predicted octanol–water partition coefficient (Wildman–Crippen LogP) is 2.82. The Balaban J connectivity index is 2.05. The molecule has 0 N–H and O–H groups in total. The second-order valence-corrected chi connectivity index (χ2v) is 6.39. The molecule has 22 heavy (non-hydrogen) atoms. The van der Waals surface area contributed by atoms with Crippen LogP contribution in [0.1, 0.15) is 5.56 Å². The van der Waals surface area contributed by atoms with E-state index in [9.17, 15) is 9.59 Å². The van der Waals surface area contributed by atoms with Crippen LogP contribution in [0.25, 0.3) is 10.8 Å². The van der Waals surface area contributed by atoms with Gasteiger partial charge in [-0.15, -0.1) is 11.8 Å². The zero-order chi connectivity index (χ0) is 15.7. The van der Waals surface area contributed by atoms with Crippen LogP contribution in [-0.4, -0.2) is 31.4 Å². The summed E-state index contributed by atoms with van der Waals surface area (Å²) >= 11 is 1.38. The van der Waals surface area contributed by atoms with Gasteiger partial charge in [0, 0.05) is 4.90 Å². The predicted molar refractivity (Wildman–Crippen MR) is 84.8 cm³/mol. The van der Waals surface area contributed by atoms with Crippen LogP contribution in [0, 0.1) is 5.92 Å². The van der Waals surface area contributed by atoms with Crippen molar-refractivity contribution in [1.29, 1.82) is 0 Å². The molecule has 0 fully saturated rings. The van der Waals surface area contributed by atoms with Crippen molar-refractivity contribution in [3.8, 4) is 0 Å². The number of hydrogen-bond acceptors (Lipinski definition) is 5. The molecule has 0 spiro atoms. The van der Waals surface area contributed by atoms with Crippen molar-refractivity contribution >= 4 is 34.5 Å². The number of carbonyl (C=O) groups is 2. The molecule has 0 saturated heterocycles. The molecule has 1 heterocycles. The van der Waals surface area contributed by atoms with Crippen molar-refractivity contribution in [3.63, 3.8) is 0 Å². The summed E-state index contributed by atoms with van der Waals surface area (Å²) in [5, 5.41) is 1.68. The summed E-state index contributed by atoms with van der Waals surface area (Å²) in [7, 11) is 2.68. The molecule has 0 radical (unpaired) electrons. The van der Waals surface area contributed by atoms with E-state index in [1.807, 2.05) is 24.3 Å². The van der Waals surface area contributed by atoms with Gasteiger partial charge in [-0.05, 0) is 28.8 Å². The third-order valence-corrected chi connectivity index (χ3v) is 5.33. The Kier molecular flexibility index (Phi) is 4.07. The van der Waals surface area contributed by atoms with Crippen molar-refractivity contribution in [2.24, 2.45) is 5.92 Å². The minimum atomic E-state index is -0.564. The first-order chi connectivity index (χ1) is 10.6. The van der Waals surface area contributed by atoms with Gasteiger partial charge in [-0.2, -0.15) is 0 Å². The zero-order valence-corrected chi connectivity index (χ0v) is 13.2. The minimum absolute atomic E-state index is 0.373. The highest BCUT2D eigenvalue weighted by Crippen LogP contribution is 2.41. The van der Waals surface area contributed by atoms with Gasteiger partial charge < -0.3 is 9.47 Å². The lowest BCUT2D eigenvalue weighted by molar-refractivity contribution is -0.151. The summed E-state index contributed by atoms with van der Waals surface area (Å²) in [6, 6.07) is 12.2. The minimum Gasteiger partial charge on any atom is -0.469 e. The van der Waals surface area contributed by atoms with E-state index in [1.54, 1.807) is 0 Å². The Morgan fingerprint density at radius 2 is 1.68 bits per heavy atom. The van der Waals surface area contributed by atoms with Crippen LogP contribution in [0.15, 0.2) is 41.3 Å². The molecule has 3 rings (SSSR count). The number of ether oxygens (including phenoxy) is 2. The zero-order valence-electron chi connectivity index (χ0n) is 12.4. The molecule has 4 nitrogen and oxygen atoms in total. The Hall–Kier alpha value is -2.01. The number of methoxy groups -OCH3 is 2. The second kappa shape index (κ2) is 6.01. The Morgan fingerprint density at radius 1 is 1.05 bits per heavy atom. The average Bonchev–Trinajstić information content (AvgIpc) is 2.57. The first-order valence-electron chi connectivity index (χ1n) is 6.98. The third kappa shape index (κ3) is 2.57. The SMILES string of the molecule is COC(=O)[C@@H]1Cc2cc3ccccc3cc2S[C@H]1C(=O)OC. The molecule has 0 unspecified atom stereocenters. The van der Waals surface area contributed by atoms with Crippen LogP contribution in [0.3, 0.4) is 0 Å². The molecule has 0 saturated carbocycles. The fraction of sp³-hybridized carbons (Fsp3) is 0.294. The quantitative estimate of drug-likeness (QED) is 0.798. The van der Waals surface area contributed by atoms with E-state index in [1.165, 1.54) is 26.0 Å². The largest absolute Gasteiger partial charge is 0.469 e. The van der Waals surface area contributed by atoms with E-state index in [0.717, 1.165) is 21.2 Å². The number of carbonyl (C=O) groups excluding carboxylic acids is 2. The van der Waals surface area contributed by atoms with Gasteiger partial charge in [-0.3, -0.25) is 9.59 Å². The van der Waals surface area contributed by atoms with Crippen LogP contribution >= 0.6 is 11.8 Å². The molecule has 0 aromatic heterocycles. The van der Waals surface area contributed by atoms with E-state index >= 15 is 0 Å². The Labute approximate surface area is 132 Å². The molecule has 0 aliphatic carbocycles. The summed E-state index contributed by atoms with van der Waals surface area (Å²) in [5.74, 6) is -1.28. The lowest BCUT2D eigenvalue weighted by Gasteiger charge is -2.29. The monoisotopic (exact) mass is 316 g/mol. The lowest BCUT2D eigenvalue weighted by atomic mass is 9.93. The molecular weight excluding hydrogens is 300 g/mol. The van der Waals surface area contributed by atoms with Gasteiger partial charge >= 0.3 is 11.9 Å². The Morgan fingerprint density at radius 3 is 2.32 bits per heavy atom. The molecular formula is C17H16O4S. The highest BCUT2D eigenvalue weighted by Gasteiger charge is 2.40. The molecule has 1 aliphatic heterocycles. The maximum Gasteiger partial charge on any atom is 0.320 e. The smallest absolute Gasteiger partial charge is 0.320 e. The number of esters is 2. The standard InChI is InChI=1S/C17H16O4S/c1-20-16(18)13-8-12-7-10-5-3-4-6-11(10)9-14(12)22-15(13)17(19)21-2/h3-7,9,13,15H,8H2,1-2H3/t13-,15-/m1/s1. The lowest BCUT2D eigenvalue weighted by Crippen LogP contribution is -2.38. The maximum atomic E-state index is 12.0. The number of thioether (sulfide) groups is 1. The number of fused-ring (bicyclic) bond motifs is 2. The maximum absolute atomic E-state index is 12.0. The topological polar surface area (TPSA) is 52.6 Å².